The van der Waals surface area contributed by atoms with Gasteiger partial charge in [-0.1, -0.05) is 12.1 Å². The van der Waals surface area contributed by atoms with Crippen molar-refractivity contribution in [1.29, 1.82) is 0 Å². The lowest BCUT2D eigenvalue weighted by Crippen LogP contribution is -2.26. The second-order valence-electron chi connectivity index (χ2n) is 5.31. The van der Waals surface area contributed by atoms with E-state index in [4.69, 9.17) is 21.1 Å². The van der Waals surface area contributed by atoms with Gasteiger partial charge in [-0.15, -0.1) is 0 Å². The molecule has 2 aliphatic rings. The quantitative estimate of drug-likeness (QED) is 0.778. The molecule has 0 fully saturated rings. The zero-order valence-corrected chi connectivity index (χ0v) is 14.6. The Morgan fingerprint density at radius 1 is 1.12 bits per heavy atom. The molecule has 0 aromatic heterocycles. The maximum atomic E-state index is 6.40. The van der Waals surface area contributed by atoms with Crippen LogP contribution in [0.1, 0.15) is 5.56 Å². The Morgan fingerprint density at radius 2 is 1.92 bits per heavy atom. The summed E-state index contributed by atoms with van der Waals surface area (Å²) in [5.74, 6) is 1.73. The minimum atomic E-state index is -2.57. The van der Waals surface area contributed by atoms with Crippen molar-refractivity contribution >= 4 is 41.8 Å². The predicted octanol–water partition coefficient (Wildman–Crippen LogP) is 2.99. The minimum Gasteiger partial charge on any atom is -0.497 e. The van der Waals surface area contributed by atoms with Gasteiger partial charge in [-0.25, -0.2) is 9.98 Å². The molecule has 4 rings (SSSR count). The number of para-hydroxylation sites is 1. The van der Waals surface area contributed by atoms with E-state index in [1.807, 2.05) is 48.5 Å². The summed E-state index contributed by atoms with van der Waals surface area (Å²) in [5, 5.41) is 0.918. The van der Waals surface area contributed by atoms with Gasteiger partial charge in [0.1, 0.15) is 17.8 Å². The SMILES string of the molecule is COc1ccc(P2(=S)Oc3ccccc3C=NC3=NC=NC32)cc1. The molecule has 2 atom stereocenters. The number of hydrogen-bond donors (Lipinski definition) is 0. The molecule has 2 aliphatic heterocycles. The van der Waals surface area contributed by atoms with Crippen LogP contribution < -0.4 is 14.6 Å². The van der Waals surface area contributed by atoms with E-state index in [0.29, 0.717) is 5.84 Å². The average Bonchev–Trinajstić information content (AvgIpc) is 3.08. The van der Waals surface area contributed by atoms with Crippen molar-refractivity contribution in [3.05, 3.63) is 54.1 Å². The fraction of sp³-hybridized carbons (Fsp3) is 0.118. The zero-order valence-electron chi connectivity index (χ0n) is 12.9. The van der Waals surface area contributed by atoms with E-state index in [-0.39, 0.29) is 5.78 Å². The van der Waals surface area contributed by atoms with Crippen molar-refractivity contribution in [1.82, 2.24) is 0 Å². The fourth-order valence-corrected chi connectivity index (χ4v) is 5.85. The molecule has 0 saturated carbocycles. The van der Waals surface area contributed by atoms with Crippen LogP contribution in [0.4, 0.5) is 0 Å². The number of fused-ring (bicyclic) bond motifs is 2. The van der Waals surface area contributed by atoms with Gasteiger partial charge in [-0.05, 0) is 48.2 Å². The topological polar surface area (TPSA) is 55.5 Å². The van der Waals surface area contributed by atoms with Gasteiger partial charge in [0, 0.05) is 17.1 Å². The van der Waals surface area contributed by atoms with Crippen LogP contribution in [-0.4, -0.2) is 31.3 Å². The predicted molar refractivity (Wildman–Crippen MR) is 101 cm³/mol. The Hall–Kier alpha value is -2.30. The molecule has 0 saturated heterocycles. The highest BCUT2D eigenvalue weighted by atomic mass is 32.4. The maximum absolute atomic E-state index is 6.40. The smallest absolute Gasteiger partial charge is 0.176 e. The molecule has 0 spiro atoms. The Morgan fingerprint density at radius 3 is 2.71 bits per heavy atom. The van der Waals surface area contributed by atoms with Crippen molar-refractivity contribution in [2.45, 2.75) is 5.78 Å². The Balaban J connectivity index is 1.88. The molecule has 5 nitrogen and oxygen atoms in total. The van der Waals surface area contributed by atoms with Crippen LogP contribution in [0.15, 0.2) is 63.5 Å². The number of amidine groups is 1. The molecule has 0 radical (unpaired) electrons. The first-order chi connectivity index (χ1) is 11.7. The van der Waals surface area contributed by atoms with E-state index in [1.54, 1.807) is 13.3 Å². The number of ether oxygens (including phenoxy) is 1. The third kappa shape index (κ3) is 2.48. The second-order valence-corrected chi connectivity index (χ2v) is 9.32. The first-order valence-corrected chi connectivity index (χ1v) is 10.2. The standard InChI is InChI=1S/C17H14N3O2PS/c1-21-13-6-8-14(9-7-13)23(24)17-16(19-11-20-17)18-10-12-4-2-3-5-15(12)22-23/h2-11,17H,1H3. The average molecular weight is 355 g/mol. The van der Waals surface area contributed by atoms with Crippen molar-refractivity contribution in [2.75, 3.05) is 7.11 Å². The highest BCUT2D eigenvalue weighted by Gasteiger charge is 2.39. The number of aliphatic imine (C=N–C) groups is 3. The first kappa shape index (κ1) is 15.2. The van der Waals surface area contributed by atoms with Gasteiger partial charge in [0.15, 0.2) is 17.9 Å². The van der Waals surface area contributed by atoms with Gasteiger partial charge in [0.2, 0.25) is 0 Å². The summed E-state index contributed by atoms with van der Waals surface area (Å²) in [6.07, 6.45) is 0.700. The summed E-state index contributed by atoms with van der Waals surface area (Å²) in [5.41, 5.74) is 0.883. The molecule has 120 valence electrons. The lowest BCUT2D eigenvalue weighted by atomic mass is 10.2. The molecule has 2 unspecified atom stereocenters. The fourth-order valence-electron chi connectivity index (χ4n) is 2.61. The highest BCUT2D eigenvalue weighted by molar-refractivity contribution is 8.16. The third-order valence-corrected chi connectivity index (χ3v) is 7.82. The minimum absolute atomic E-state index is 0.370. The van der Waals surface area contributed by atoms with Crippen LogP contribution >= 0.6 is 6.26 Å². The summed E-state index contributed by atoms with van der Waals surface area (Å²) in [6, 6.07) is 15.4. The van der Waals surface area contributed by atoms with Crippen LogP contribution in [0.25, 0.3) is 0 Å². The van der Waals surface area contributed by atoms with E-state index in [2.05, 4.69) is 15.0 Å². The molecule has 0 N–H and O–H groups in total. The Kier molecular flexibility index (Phi) is 3.79. The van der Waals surface area contributed by atoms with Gasteiger partial charge in [-0.3, -0.25) is 4.99 Å². The molecule has 0 aliphatic carbocycles. The first-order valence-electron chi connectivity index (χ1n) is 7.37. The molecule has 2 aromatic carbocycles. The number of methoxy groups -OCH3 is 1. The monoisotopic (exact) mass is 355 g/mol. The number of nitrogens with zero attached hydrogens (tertiary/aromatic N) is 3. The van der Waals surface area contributed by atoms with Gasteiger partial charge < -0.3 is 9.26 Å². The molecule has 0 amide bonds. The molecule has 2 aromatic rings. The highest BCUT2D eigenvalue weighted by Crippen LogP contribution is 2.54. The third-order valence-electron chi connectivity index (χ3n) is 3.87. The second kappa shape index (κ2) is 5.96. The van der Waals surface area contributed by atoms with Crippen LogP contribution in [0.5, 0.6) is 11.5 Å². The van der Waals surface area contributed by atoms with E-state index >= 15 is 0 Å². The molecule has 7 heteroatoms. The Bertz CT molecular complexity index is 922. The van der Waals surface area contributed by atoms with E-state index in [1.165, 1.54) is 6.34 Å². The molecule has 0 bridgehead atoms. The van der Waals surface area contributed by atoms with Crippen molar-refractivity contribution < 1.29 is 9.26 Å². The summed E-state index contributed by atoms with van der Waals surface area (Å²) >= 11 is 6.04. The van der Waals surface area contributed by atoms with E-state index < -0.39 is 6.26 Å². The van der Waals surface area contributed by atoms with Gasteiger partial charge >= 0.3 is 0 Å². The molecule has 24 heavy (non-hydrogen) atoms. The van der Waals surface area contributed by atoms with E-state index in [9.17, 15) is 0 Å². The number of rotatable bonds is 2. The number of benzene rings is 2. The lowest BCUT2D eigenvalue weighted by molar-refractivity contribution is 0.415. The van der Waals surface area contributed by atoms with Crippen molar-refractivity contribution in [3.8, 4) is 11.5 Å². The van der Waals surface area contributed by atoms with Gasteiger partial charge in [-0.2, -0.15) is 0 Å². The summed E-state index contributed by atoms with van der Waals surface area (Å²) in [7, 11) is 1.64. The van der Waals surface area contributed by atoms with Crippen LogP contribution in [0, 0.1) is 0 Å². The molecular formula is C17H14N3O2PS. The molecular weight excluding hydrogens is 341 g/mol. The zero-order chi connectivity index (χ0) is 16.6. The normalized spacial score (nSPS) is 24.2. The van der Waals surface area contributed by atoms with Gasteiger partial charge in [0.05, 0.1) is 7.11 Å². The van der Waals surface area contributed by atoms with Crippen LogP contribution in [-0.2, 0) is 11.8 Å². The van der Waals surface area contributed by atoms with Crippen molar-refractivity contribution in [3.63, 3.8) is 0 Å². The summed E-state index contributed by atoms with van der Waals surface area (Å²) in [6.45, 7) is 0. The van der Waals surface area contributed by atoms with E-state index in [0.717, 1.165) is 22.4 Å². The van der Waals surface area contributed by atoms with Gasteiger partial charge in [0.25, 0.3) is 0 Å². The lowest BCUT2D eigenvalue weighted by Gasteiger charge is -2.29. The van der Waals surface area contributed by atoms with Crippen LogP contribution in [0.2, 0.25) is 0 Å². The summed E-state index contributed by atoms with van der Waals surface area (Å²) < 4.78 is 11.6. The number of hydrogen-bond acceptors (Lipinski definition) is 6. The van der Waals surface area contributed by atoms with Crippen LogP contribution in [0.3, 0.4) is 0 Å². The molecule has 2 heterocycles. The summed E-state index contributed by atoms with van der Waals surface area (Å²) in [4.78, 5) is 13.2. The maximum Gasteiger partial charge on any atom is 0.176 e. The largest absolute Gasteiger partial charge is 0.497 e. The Labute approximate surface area is 144 Å². The van der Waals surface area contributed by atoms with Crippen molar-refractivity contribution in [2.24, 2.45) is 15.0 Å².